The van der Waals surface area contributed by atoms with Crippen molar-refractivity contribution in [2.24, 2.45) is 0 Å². The van der Waals surface area contributed by atoms with Gasteiger partial charge in [-0.15, -0.1) is 0 Å². The summed E-state index contributed by atoms with van der Waals surface area (Å²) < 4.78 is 8.69. The highest BCUT2D eigenvalue weighted by atomic mass is 79.9. The lowest BCUT2D eigenvalue weighted by Gasteiger charge is -2.30. The monoisotopic (exact) mass is 390 g/mol. The molecule has 0 unspecified atom stereocenters. The summed E-state index contributed by atoms with van der Waals surface area (Å²) in [7, 11) is 2.12. The maximum atomic E-state index is 12.4. The van der Waals surface area contributed by atoms with Crippen LogP contribution in [0.1, 0.15) is 30.0 Å². The van der Waals surface area contributed by atoms with Gasteiger partial charge in [-0.1, -0.05) is 18.2 Å². The third-order valence-corrected chi connectivity index (χ3v) is 5.32. The average Bonchev–Trinajstić information content (AvgIpc) is 2.54. The van der Waals surface area contributed by atoms with Crippen LogP contribution >= 0.6 is 15.9 Å². The first-order valence-electron chi connectivity index (χ1n) is 8.30. The minimum atomic E-state index is 0.0188. The minimum absolute atomic E-state index is 0.0188. The molecule has 2 aromatic rings. The Hall–Kier alpha value is -1.59. The van der Waals surface area contributed by atoms with Crippen LogP contribution in [0.4, 0.5) is 0 Å². The van der Waals surface area contributed by atoms with Crippen LogP contribution in [0.3, 0.4) is 0 Å². The Morgan fingerprint density at radius 2 is 1.79 bits per heavy atom. The average molecular weight is 391 g/mol. The molecule has 0 N–H and O–H groups in total. The van der Waals surface area contributed by atoms with Gasteiger partial charge in [-0.2, -0.15) is 0 Å². The van der Waals surface area contributed by atoms with Gasteiger partial charge in [0.25, 0.3) is 5.56 Å². The molecule has 1 aromatic heterocycles. The third kappa shape index (κ3) is 3.57. The first-order chi connectivity index (χ1) is 11.5. The Kier molecular flexibility index (Phi) is 5.11. The summed E-state index contributed by atoms with van der Waals surface area (Å²) in [4.78, 5) is 14.7. The van der Waals surface area contributed by atoms with Crippen molar-refractivity contribution in [2.75, 3.05) is 20.1 Å². The Morgan fingerprint density at radius 1 is 1.17 bits per heavy atom. The largest absolute Gasteiger partial charge is 0.454 e. The van der Waals surface area contributed by atoms with Gasteiger partial charge >= 0.3 is 0 Å². The lowest BCUT2D eigenvalue weighted by Crippen LogP contribution is -2.35. The molecular weight excluding hydrogens is 368 g/mol. The molecule has 0 spiro atoms. The van der Waals surface area contributed by atoms with E-state index in [1.165, 1.54) is 0 Å². The molecule has 0 bridgehead atoms. The maximum absolute atomic E-state index is 12.4. The van der Waals surface area contributed by atoms with Crippen molar-refractivity contribution in [1.29, 1.82) is 0 Å². The number of nitrogens with zero attached hydrogens (tertiary/aromatic N) is 2. The van der Waals surface area contributed by atoms with Crippen molar-refractivity contribution < 1.29 is 4.74 Å². The molecule has 128 valence electrons. The molecular formula is C19H23BrN2O2. The summed E-state index contributed by atoms with van der Waals surface area (Å²) in [5.41, 5.74) is 2.18. The number of hydrogen-bond donors (Lipinski definition) is 0. The first-order valence-corrected chi connectivity index (χ1v) is 9.09. The molecule has 0 saturated carbocycles. The van der Waals surface area contributed by atoms with E-state index in [9.17, 15) is 4.79 Å². The van der Waals surface area contributed by atoms with Gasteiger partial charge < -0.3 is 14.2 Å². The number of piperidine rings is 1. The molecule has 1 aliphatic rings. The van der Waals surface area contributed by atoms with E-state index in [1.54, 1.807) is 6.07 Å². The third-order valence-electron chi connectivity index (χ3n) is 4.70. The quantitative estimate of drug-likeness (QED) is 0.783. The zero-order chi connectivity index (χ0) is 17.3. The molecule has 2 heterocycles. The molecule has 1 aromatic carbocycles. The van der Waals surface area contributed by atoms with Crippen LogP contribution in [0.15, 0.2) is 39.7 Å². The number of ether oxygens (including phenoxy) is 1. The lowest BCUT2D eigenvalue weighted by atomic mass is 10.1. The highest BCUT2D eigenvalue weighted by Crippen LogP contribution is 2.33. The summed E-state index contributed by atoms with van der Waals surface area (Å²) in [6.07, 6.45) is 3.83. The number of aryl methyl sites for hydroxylation is 2. The molecule has 0 atom stereocenters. The van der Waals surface area contributed by atoms with E-state index < -0.39 is 0 Å². The van der Waals surface area contributed by atoms with Crippen LogP contribution in [0, 0.1) is 13.8 Å². The Balaban J connectivity index is 1.94. The zero-order valence-electron chi connectivity index (χ0n) is 14.4. The zero-order valence-corrected chi connectivity index (χ0v) is 16.0. The number of halogens is 1. The standard InChI is InChI=1S/C19H23BrN2O2/c1-13-5-4-6-14(2)19(13)24-17-12-22(18(23)11-16(17)20)15-7-9-21(3)10-8-15/h4-6,11-12,15H,7-10H2,1-3H3. The fraction of sp³-hybridized carbons (Fsp3) is 0.421. The maximum Gasteiger partial charge on any atom is 0.252 e. The second-order valence-electron chi connectivity index (χ2n) is 6.59. The second kappa shape index (κ2) is 7.11. The Morgan fingerprint density at radius 3 is 2.42 bits per heavy atom. The van der Waals surface area contributed by atoms with E-state index in [1.807, 2.05) is 42.8 Å². The lowest BCUT2D eigenvalue weighted by molar-refractivity contribution is 0.218. The van der Waals surface area contributed by atoms with Gasteiger partial charge in [0, 0.05) is 12.1 Å². The van der Waals surface area contributed by atoms with Crippen LogP contribution in [-0.2, 0) is 0 Å². The molecule has 4 nitrogen and oxygen atoms in total. The summed E-state index contributed by atoms with van der Waals surface area (Å²) in [5, 5.41) is 0. The van der Waals surface area contributed by atoms with Crippen molar-refractivity contribution in [3.63, 3.8) is 0 Å². The molecule has 1 fully saturated rings. The van der Waals surface area contributed by atoms with Crippen LogP contribution in [0.5, 0.6) is 11.5 Å². The molecule has 1 saturated heterocycles. The van der Waals surface area contributed by atoms with E-state index >= 15 is 0 Å². The predicted molar refractivity (Wildman–Crippen MR) is 100 cm³/mol. The van der Waals surface area contributed by atoms with Gasteiger partial charge in [0.1, 0.15) is 5.75 Å². The fourth-order valence-corrected chi connectivity index (χ4v) is 3.59. The van der Waals surface area contributed by atoms with Crippen molar-refractivity contribution in [3.8, 4) is 11.5 Å². The van der Waals surface area contributed by atoms with Crippen molar-refractivity contribution in [1.82, 2.24) is 9.47 Å². The van der Waals surface area contributed by atoms with E-state index in [-0.39, 0.29) is 11.6 Å². The van der Waals surface area contributed by atoms with Gasteiger partial charge in [-0.05, 0) is 73.9 Å². The molecule has 0 amide bonds. The van der Waals surface area contributed by atoms with E-state index in [0.717, 1.165) is 42.8 Å². The topological polar surface area (TPSA) is 34.5 Å². The number of hydrogen-bond acceptors (Lipinski definition) is 3. The van der Waals surface area contributed by atoms with Gasteiger partial charge in [0.2, 0.25) is 0 Å². The summed E-state index contributed by atoms with van der Waals surface area (Å²) in [6, 6.07) is 7.93. The minimum Gasteiger partial charge on any atom is -0.454 e. The molecule has 0 aliphatic carbocycles. The normalized spacial score (nSPS) is 16.3. The van der Waals surface area contributed by atoms with E-state index in [4.69, 9.17) is 4.74 Å². The Bertz CT molecular complexity index is 772. The van der Waals surface area contributed by atoms with Gasteiger partial charge in [0.15, 0.2) is 5.75 Å². The fourth-order valence-electron chi connectivity index (χ4n) is 3.21. The summed E-state index contributed by atoms with van der Waals surface area (Å²) in [6.45, 7) is 6.09. The van der Waals surface area contributed by atoms with Gasteiger partial charge in [-0.3, -0.25) is 4.79 Å². The van der Waals surface area contributed by atoms with E-state index in [2.05, 4.69) is 27.9 Å². The van der Waals surface area contributed by atoms with Crippen LogP contribution in [0.2, 0.25) is 0 Å². The smallest absolute Gasteiger partial charge is 0.252 e. The number of para-hydroxylation sites is 1. The number of pyridine rings is 1. The van der Waals surface area contributed by atoms with Crippen LogP contribution < -0.4 is 10.3 Å². The van der Waals surface area contributed by atoms with Gasteiger partial charge in [-0.25, -0.2) is 0 Å². The predicted octanol–water partition coefficient (Wildman–Crippen LogP) is 4.29. The van der Waals surface area contributed by atoms with Crippen LogP contribution in [0.25, 0.3) is 0 Å². The van der Waals surface area contributed by atoms with Crippen molar-refractivity contribution in [3.05, 3.63) is 56.4 Å². The highest BCUT2D eigenvalue weighted by Gasteiger charge is 2.20. The number of benzene rings is 1. The Labute approximate surface area is 151 Å². The number of likely N-dealkylation sites (tertiary alicyclic amines) is 1. The molecule has 5 heteroatoms. The molecule has 24 heavy (non-hydrogen) atoms. The van der Waals surface area contributed by atoms with Gasteiger partial charge in [0.05, 0.1) is 10.7 Å². The highest BCUT2D eigenvalue weighted by molar-refractivity contribution is 9.10. The summed E-state index contributed by atoms with van der Waals surface area (Å²) >= 11 is 3.47. The number of rotatable bonds is 3. The van der Waals surface area contributed by atoms with Crippen molar-refractivity contribution >= 4 is 15.9 Å². The first kappa shape index (κ1) is 17.2. The van der Waals surface area contributed by atoms with Crippen LogP contribution in [-0.4, -0.2) is 29.6 Å². The molecule has 1 aliphatic heterocycles. The SMILES string of the molecule is Cc1cccc(C)c1Oc1cn(C2CCN(C)CC2)c(=O)cc1Br. The van der Waals surface area contributed by atoms with E-state index in [0.29, 0.717) is 10.2 Å². The second-order valence-corrected chi connectivity index (χ2v) is 7.44. The molecule has 0 radical (unpaired) electrons. The van der Waals surface area contributed by atoms with Crippen molar-refractivity contribution in [2.45, 2.75) is 32.7 Å². The molecule has 3 rings (SSSR count). The number of aromatic nitrogens is 1. The summed E-state index contributed by atoms with van der Waals surface area (Å²) in [5.74, 6) is 1.54.